The normalized spacial score (nSPS) is 15.2. The van der Waals surface area contributed by atoms with E-state index < -0.39 is 12.0 Å². The SMILES string of the molecule is CCOC(=O)C1=C(c2ccccc2)N=c2sc(=Cc3cn(C)c4ccccc34)c(=O)n2C1c1ccc(OC)cc1. The first-order chi connectivity index (χ1) is 19.5. The minimum Gasteiger partial charge on any atom is -0.497 e. The number of benzene rings is 3. The van der Waals surface area contributed by atoms with Crippen molar-refractivity contribution in [3.8, 4) is 5.75 Å². The van der Waals surface area contributed by atoms with E-state index in [1.165, 1.54) is 11.3 Å². The largest absolute Gasteiger partial charge is 0.497 e. The summed E-state index contributed by atoms with van der Waals surface area (Å²) in [6.45, 7) is 1.97. The average molecular weight is 550 g/mol. The standard InChI is InChI=1S/C32H27N3O4S/c1-4-39-31(37)27-28(20-10-6-5-7-11-20)33-32-35(29(27)21-14-16-23(38-3)17-15-21)30(36)26(40-32)18-22-19-34(2)25-13-9-8-12-24(22)25/h5-19,29H,4H2,1-3H3. The number of aryl methyl sites for hydroxylation is 1. The molecule has 1 aliphatic heterocycles. The third kappa shape index (κ3) is 4.36. The van der Waals surface area contributed by atoms with E-state index in [2.05, 4.69) is 6.07 Å². The van der Waals surface area contributed by atoms with E-state index in [9.17, 15) is 9.59 Å². The van der Waals surface area contributed by atoms with Crippen molar-refractivity contribution < 1.29 is 14.3 Å². The Balaban J connectivity index is 1.65. The van der Waals surface area contributed by atoms with Crippen molar-refractivity contribution in [1.29, 1.82) is 0 Å². The van der Waals surface area contributed by atoms with E-state index in [1.807, 2.05) is 96.7 Å². The van der Waals surface area contributed by atoms with Crippen molar-refractivity contribution in [2.45, 2.75) is 13.0 Å². The van der Waals surface area contributed by atoms with Gasteiger partial charge in [0, 0.05) is 35.3 Å². The van der Waals surface area contributed by atoms with Crippen molar-refractivity contribution in [2.75, 3.05) is 13.7 Å². The number of esters is 1. The molecule has 8 heteroatoms. The summed E-state index contributed by atoms with van der Waals surface area (Å²) in [6.07, 6.45) is 3.93. The zero-order valence-electron chi connectivity index (χ0n) is 22.3. The summed E-state index contributed by atoms with van der Waals surface area (Å²) in [7, 11) is 3.59. The molecule has 0 saturated carbocycles. The first kappa shape index (κ1) is 25.6. The fourth-order valence-corrected chi connectivity index (χ4v) is 6.16. The predicted octanol–water partition coefficient (Wildman–Crippen LogP) is 4.44. The van der Waals surface area contributed by atoms with Crippen LogP contribution in [0.25, 0.3) is 22.7 Å². The summed E-state index contributed by atoms with van der Waals surface area (Å²) < 4.78 is 15.1. The van der Waals surface area contributed by atoms with Gasteiger partial charge >= 0.3 is 5.97 Å². The van der Waals surface area contributed by atoms with Crippen LogP contribution < -0.4 is 19.6 Å². The fraction of sp³-hybridized carbons (Fsp3) is 0.156. The first-order valence-electron chi connectivity index (χ1n) is 13.0. The Morgan fingerprint density at radius 3 is 2.48 bits per heavy atom. The molecule has 1 aliphatic rings. The smallest absolute Gasteiger partial charge is 0.338 e. The van der Waals surface area contributed by atoms with Crippen molar-refractivity contribution in [2.24, 2.45) is 12.0 Å². The van der Waals surface area contributed by atoms with E-state index in [0.29, 0.717) is 26.4 Å². The molecule has 0 bridgehead atoms. The molecule has 0 fully saturated rings. The zero-order chi connectivity index (χ0) is 27.8. The molecule has 1 atom stereocenters. The number of aromatic nitrogens is 2. The van der Waals surface area contributed by atoms with Crippen LogP contribution in [0.2, 0.25) is 0 Å². The minimum atomic E-state index is -0.730. The molecule has 200 valence electrons. The number of thiazole rings is 1. The van der Waals surface area contributed by atoms with Crippen molar-refractivity contribution >= 4 is 40.0 Å². The van der Waals surface area contributed by atoms with Crippen LogP contribution in [0.1, 0.15) is 29.7 Å². The zero-order valence-corrected chi connectivity index (χ0v) is 23.1. The van der Waals surface area contributed by atoms with Gasteiger partial charge in [-0.15, -0.1) is 0 Å². The highest BCUT2D eigenvalue weighted by molar-refractivity contribution is 7.07. The van der Waals surface area contributed by atoms with Gasteiger partial charge in [-0.3, -0.25) is 9.36 Å². The van der Waals surface area contributed by atoms with Crippen molar-refractivity contribution in [3.05, 3.63) is 127 Å². The molecular weight excluding hydrogens is 522 g/mol. The first-order valence-corrected chi connectivity index (χ1v) is 13.8. The highest BCUT2D eigenvalue weighted by atomic mass is 32.1. The van der Waals surface area contributed by atoms with Crippen LogP contribution in [0, 0.1) is 0 Å². The highest BCUT2D eigenvalue weighted by Gasteiger charge is 2.35. The Morgan fingerprint density at radius 2 is 1.75 bits per heavy atom. The van der Waals surface area contributed by atoms with E-state index in [-0.39, 0.29) is 12.2 Å². The van der Waals surface area contributed by atoms with E-state index in [1.54, 1.807) is 18.6 Å². The molecule has 0 aliphatic carbocycles. The molecule has 0 spiro atoms. The summed E-state index contributed by atoms with van der Waals surface area (Å²) in [6, 6.07) is 24.3. The van der Waals surface area contributed by atoms with Gasteiger partial charge in [-0.2, -0.15) is 0 Å². The van der Waals surface area contributed by atoms with Gasteiger partial charge in [-0.25, -0.2) is 9.79 Å². The lowest BCUT2D eigenvalue weighted by Gasteiger charge is -2.26. The molecule has 2 aromatic heterocycles. The molecule has 0 amide bonds. The molecule has 6 rings (SSSR count). The Kier molecular flexibility index (Phi) is 6.69. The van der Waals surface area contributed by atoms with Crippen molar-refractivity contribution in [3.63, 3.8) is 0 Å². The van der Waals surface area contributed by atoms with Crippen LogP contribution in [0.5, 0.6) is 5.75 Å². The number of ether oxygens (including phenoxy) is 2. The number of nitrogens with zero attached hydrogens (tertiary/aromatic N) is 3. The predicted molar refractivity (Wildman–Crippen MR) is 157 cm³/mol. The number of fused-ring (bicyclic) bond motifs is 2. The summed E-state index contributed by atoms with van der Waals surface area (Å²) >= 11 is 1.31. The molecule has 0 saturated heterocycles. The Labute approximate surface area is 234 Å². The second kappa shape index (κ2) is 10.5. The lowest BCUT2D eigenvalue weighted by molar-refractivity contribution is -0.138. The highest BCUT2D eigenvalue weighted by Crippen LogP contribution is 2.35. The Hall–Kier alpha value is -4.69. The second-order valence-corrected chi connectivity index (χ2v) is 10.4. The van der Waals surface area contributed by atoms with E-state index in [0.717, 1.165) is 27.6 Å². The molecule has 3 heterocycles. The second-order valence-electron chi connectivity index (χ2n) is 9.42. The fourth-order valence-electron chi connectivity index (χ4n) is 5.17. The third-order valence-corrected chi connectivity index (χ3v) is 8.00. The monoisotopic (exact) mass is 549 g/mol. The average Bonchev–Trinajstić information content (AvgIpc) is 3.48. The molecule has 1 unspecified atom stereocenters. The third-order valence-electron chi connectivity index (χ3n) is 7.02. The van der Waals surface area contributed by atoms with Gasteiger partial charge in [0.15, 0.2) is 4.80 Å². The van der Waals surface area contributed by atoms with Gasteiger partial charge in [0.25, 0.3) is 5.56 Å². The molecule has 0 radical (unpaired) electrons. The van der Waals surface area contributed by atoms with E-state index in [4.69, 9.17) is 14.5 Å². The van der Waals surface area contributed by atoms with Crippen LogP contribution in [-0.2, 0) is 16.6 Å². The molecule has 7 nitrogen and oxygen atoms in total. The number of hydrogen-bond acceptors (Lipinski definition) is 6. The lowest BCUT2D eigenvalue weighted by Crippen LogP contribution is -2.40. The number of para-hydroxylation sites is 1. The maximum Gasteiger partial charge on any atom is 0.338 e. The lowest BCUT2D eigenvalue weighted by atomic mass is 9.93. The number of hydrogen-bond donors (Lipinski definition) is 0. The Morgan fingerprint density at radius 1 is 1.02 bits per heavy atom. The Bertz CT molecular complexity index is 1950. The van der Waals surface area contributed by atoms with Crippen LogP contribution in [0.3, 0.4) is 0 Å². The molecule has 0 N–H and O–H groups in total. The van der Waals surface area contributed by atoms with Gasteiger partial charge < -0.3 is 14.0 Å². The number of rotatable bonds is 6. The van der Waals surface area contributed by atoms with Crippen molar-refractivity contribution in [1.82, 2.24) is 9.13 Å². The maximum absolute atomic E-state index is 14.1. The van der Waals surface area contributed by atoms with Gasteiger partial charge in [-0.05, 0) is 36.8 Å². The van der Waals surface area contributed by atoms with Crippen LogP contribution in [0.4, 0.5) is 0 Å². The van der Waals surface area contributed by atoms with Gasteiger partial charge in [0.1, 0.15) is 5.75 Å². The maximum atomic E-state index is 14.1. The molecule has 3 aromatic carbocycles. The van der Waals surface area contributed by atoms with Gasteiger partial charge in [-0.1, -0.05) is 72.0 Å². The van der Waals surface area contributed by atoms with Crippen LogP contribution in [0.15, 0.2) is 100 Å². The van der Waals surface area contributed by atoms with Gasteiger partial charge in [0.2, 0.25) is 0 Å². The topological polar surface area (TPSA) is 74.8 Å². The molecule has 5 aromatic rings. The summed E-state index contributed by atoms with van der Waals surface area (Å²) in [5, 5.41) is 1.06. The molecular formula is C32H27N3O4S. The number of methoxy groups -OCH3 is 1. The summed E-state index contributed by atoms with van der Waals surface area (Å²) in [5.74, 6) is 0.173. The van der Waals surface area contributed by atoms with Crippen LogP contribution >= 0.6 is 11.3 Å². The summed E-state index contributed by atoms with van der Waals surface area (Å²) in [5.41, 5.74) is 4.15. The van der Waals surface area contributed by atoms with E-state index >= 15 is 0 Å². The van der Waals surface area contributed by atoms with Gasteiger partial charge in [0.05, 0.1) is 35.6 Å². The van der Waals surface area contributed by atoms with Crippen LogP contribution in [-0.4, -0.2) is 28.8 Å². The number of carbonyl (C=O) groups excluding carboxylic acids is 1. The summed E-state index contributed by atoms with van der Waals surface area (Å²) in [4.78, 5) is 33.1. The number of carbonyl (C=O) groups is 1. The molecule has 40 heavy (non-hydrogen) atoms. The minimum absolute atomic E-state index is 0.200. The quantitative estimate of drug-likeness (QED) is 0.294.